The van der Waals surface area contributed by atoms with E-state index in [2.05, 4.69) is 5.32 Å². The molecule has 1 amide bonds. The fourth-order valence-electron chi connectivity index (χ4n) is 2.06. The van der Waals surface area contributed by atoms with Gasteiger partial charge in [-0.15, -0.1) is 0 Å². The molecule has 2 N–H and O–H groups in total. The highest BCUT2D eigenvalue weighted by Crippen LogP contribution is 2.45. The Bertz CT molecular complexity index is 688. The Morgan fingerprint density at radius 2 is 1.91 bits per heavy atom. The summed E-state index contributed by atoms with van der Waals surface area (Å²) >= 11 is 0. The molecule has 0 radical (unpaired) electrons. The van der Waals surface area contributed by atoms with Crippen LogP contribution in [0.5, 0.6) is 11.7 Å². The summed E-state index contributed by atoms with van der Waals surface area (Å²) in [5, 5.41) is 11.7. The highest BCUT2D eigenvalue weighted by Gasteiger charge is 2.50. The molecule has 3 rings (SSSR count). The van der Waals surface area contributed by atoms with Crippen LogP contribution in [0.15, 0.2) is 46.9 Å². The number of carboxylic acid groups (broad SMARTS) is 1. The van der Waals surface area contributed by atoms with Crippen molar-refractivity contribution >= 4 is 11.9 Å². The Morgan fingerprint density at radius 3 is 2.55 bits per heavy atom. The van der Waals surface area contributed by atoms with Crippen molar-refractivity contribution in [3.63, 3.8) is 0 Å². The number of hydrogen-bond acceptors (Lipinski definition) is 4. The van der Waals surface area contributed by atoms with Crippen LogP contribution in [-0.2, 0) is 4.79 Å². The van der Waals surface area contributed by atoms with E-state index in [9.17, 15) is 9.59 Å². The highest BCUT2D eigenvalue weighted by atomic mass is 16.6. The molecule has 1 aliphatic carbocycles. The molecule has 1 heterocycles. The fraction of sp³-hybridized carbons (Fsp3) is 0.250. The zero-order valence-corrected chi connectivity index (χ0v) is 11.7. The van der Waals surface area contributed by atoms with Gasteiger partial charge in [-0.1, -0.05) is 18.2 Å². The van der Waals surface area contributed by atoms with Crippen LogP contribution < -0.4 is 10.1 Å². The van der Waals surface area contributed by atoms with Gasteiger partial charge >= 0.3 is 5.97 Å². The summed E-state index contributed by atoms with van der Waals surface area (Å²) in [6.07, 6.45) is 1.17. The third-order valence-corrected chi connectivity index (χ3v) is 3.66. The van der Waals surface area contributed by atoms with Crippen molar-refractivity contribution in [2.24, 2.45) is 5.41 Å². The van der Waals surface area contributed by atoms with Gasteiger partial charge in [0.15, 0.2) is 5.76 Å². The molecule has 6 heteroatoms. The molecule has 114 valence electrons. The molecule has 2 aromatic rings. The van der Waals surface area contributed by atoms with E-state index < -0.39 is 17.3 Å². The summed E-state index contributed by atoms with van der Waals surface area (Å²) in [7, 11) is 0. The number of amides is 1. The smallest absolute Gasteiger partial charge is 0.311 e. The molecule has 1 aliphatic rings. The van der Waals surface area contributed by atoms with Crippen LogP contribution in [0.1, 0.15) is 23.4 Å². The molecule has 1 aromatic heterocycles. The Kier molecular flexibility index (Phi) is 3.58. The molecule has 0 saturated heterocycles. The Hall–Kier alpha value is -2.76. The Labute approximate surface area is 126 Å². The molecule has 1 fully saturated rings. The van der Waals surface area contributed by atoms with Crippen LogP contribution in [-0.4, -0.2) is 23.5 Å². The molecule has 0 atom stereocenters. The molecule has 1 aromatic carbocycles. The number of carbonyl (C=O) groups excluding carboxylic acids is 1. The van der Waals surface area contributed by atoms with Gasteiger partial charge in [-0.3, -0.25) is 9.59 Å². The number of rotatable bonds is 6. The van der Waals surface area contributed by atoms with Crippen molar-refractivity contribution in [2.45, 2.75) is 12.8 Å². The number of nitrogens with one attached hydrogen (secondary N) is 1. The third kappa shape index (κ3) is 2.95. The van der Waals surface area contributed by atoms with E-state index in [0.29, 0.717) is 18.6 Å². The first kappa shape index (κ1) is 14.2. The van der Waals surface area contributed by atoms with Crippen LogP contribution in [0.3, 0.4) is 0 Å². The minimum Gasteiger partial charge on any atom is -0.481 e. The summed E-state index contributed by atoms with van der Waals surface area (Å²) in [5.41, 5.74) is -0.800. The first-order chi connectivity index (χ1) is 10.6. The van der Waals surface area contributed by atoms with Crippen molar-refractivity contribution in [1.82, 2.24) is 5.32 Å². The minimum atomic E-state index is -0.875. The standard InChI is InChI=1S/C16H15NO5/c18-14(17-10-16(8-9-16)15(19)20)12-6-7-13(22-12)21-11-4-2-1-3-5-11/h1-7H,8-10H2,(H,17,18)(H,19,20). The number of benzene rings is 1. The third-order valence-electron chi connectivity index (χ3n) is 3.66. The molecular formula is C16H15NO5. The SMILES string of the molecule is O=C(NCC1(C(=O)O)CC1)c1ccc(Oc2ccccc2)o1. The average Bonchev–Trinajstić information content (AvgIpc) is 3.18. The van der Waals surface area contributed by atoms with Gasteiger partial charge in [0.1, 0.15) is 5.75 Å². The quantitative estimate of drug-likeness (QED) is 0.856. The number of carboxylic acids is 1. The van der Waals surface area contributed by atoms with Crippen molar-refractivity contribution in [2.75, 3.05) is 6.54 Å². The molecule has 0 spiro atoms. The Balaban J connectivity index is 1.59. The van der Waals surface area contributed by atoms with Crippen LogP contribution in [0.2, 0.25) is 0 Å². The monoisotopic (exact) mass is 301 g/mol. The molecule has 0 bridgehead atoms. The van der Waals surface area contributed by atoms with Gasteiger partial charge in [-0.05, 0) is 31.0 Å². The summed E-state index contributed by atoms with van der Waals surface area (Å²) in [4.78, 5) is 23.0. The lowest BCUT2D eigenvalue weighted by molar-refractivity contribution is -0.143. The van der Waals surface area contributed by atoms with Gasteiger partial charge in [0.05, 0.1) is 5.41 Å². The lowest BCUT2D eigenvalue weighted by atomic mass is 10.1. The van der Waals surface area contributed by atoms with Gasteiger partial charge in [0, 0.05) is 12.6 Å². The second kappa shape index (κ2) is 5.55. The number of hydrogen-bond donors (Lipinski definition) is 2. The van der Waals surface area contributed by atoms with Gasteiger partial charge in [-0.2, -0.15) is 0 Å². The first-order valence-corrected chi connectivity index (χ1v) is 6.93. The maximum atomic E-state index is 12.0. The normalized spacial score (nSPS) is 15.1. The van der Waals surface area contributed by atoms with Gasteiger partial charge in [-0.25, -0.2) is 0 Å². The van der Waals surface area contributed by atoms with E-state index in [1.807, 2.05) is 18.2 Å². The maximum absolute atomic E-state index is 12.0. The Morgan fingerprint density at radius 1 is 1.18 bits per heavy atom. The molecule has 0 aliphatic heterocycles. The number of aliphatic carboxylic acids is 1. The predicted molar refractivity (Wildman–Crippen MR) is 76.9 cm³/mol. The van der Waals surface area contributed by atoms with Crippen LogP contribution in [0.25, 0.3) is 0 Å². The van der Waals surface area contributed by atoms with Gasteiger partial charge in [0.2, 0.25) is 0 Å². The minimum absolute atomic E-state index is 0.0899. The van der Waals surface area contributed by atoms with Crippen LogP contribution in [0.4, 0.5) is 0 Å². The lowest BCUT2D eigenvalue weighted by Crippen LogP contribution is -2.34. The van der Waals surface area contributed by atoms with Gasteiger partial charge in [0.25, 0.3) is 11.9 Å². The topological polar surface area (TPSA) is 88.8 Å². The zero-order valence-electron chi connectivity index (χ0n) is 11.7. The highest BCUT2D eigenvalue weighted by molar-refractivity contribution is 5.92. The van der Waals surface area contributed by atoms with E-state index in [-0.39, 0.29) is 18.3 Å². The van der Waals surface area contributed by atoms with Crippen molar-refractivity contribution in [3.8, 4) is 11.7 Å². The van der Waals surface area contributed by atoms with E-state index >= 15 is 0 Å². The van der Waals surface area contributed by atoms with E-state index in [0.717, 1.165) is 0 Å². The van der Waals surface area contributed by atoms with Gasteiger partial charge < -0.3 is 19.6 Å². The number of para-hydroxylation sites is 1. The maximum Gasteiger partial charge on any atom is 0.311 e. The number of furan rings is 1. The number of carbonyl (C=O) groups is 2. The van der Waals surface area contributed by atoms with E-state index in [4.69, 9.17) is 14.3 Å². The molecule has 0 unspecified atom stereocenters. The van der Waals surface area contributed by atoms with Crippen LogP contribution >= 0.6 is 0 Å². The number of ether oxygens (including phenoxy) is 1. The predicted octanol–water partition coefficient (Wildman–Crippen LogP) is 2.67. The first-order valence-electron chi connectivity index (χ1n) is 6.93. The summed E-state index contributed by atoms with van der Waals surface area (Å²) in [6.45, 7) is 0.108. The second-order valence-corrected chi connectivity index (χ2v) is 5.30. The van der Waals surface area contributed by atoms with E-state index in [1.54, 1.807) is 18.2 Å². The average molecular weight is 301 g/mol. The molecular weight excluding hydrogens is 286 g/mol. The lowest BCUT2D eigenvalue weighted by Gasteiger charge is -2.09. The van der Waals surface area contributed by atoms with Crippen molar-refractivity contribution in [1.29, 1.82) is 0 Å². The largest absolute Gasteiger partial charge is 0.481 e. The summed E-state index contributed by atoms with van der Waals surface area (Å²) in [5.74, 6) is -0.426. The zero-order chi connectivity index (χ0) is 15.6. The van der Waals surface area contributed by atoms with Crippen molar-refractivity contribution in [3.05, 3.63) is 48.2 Å². The van der Waals surface area contributed by atoms with Crippen LogP contribution in [0, 0.1) is 5.41 Å². The molecule has 1 saturated carbocycles. The fourth-order valence-corrected chi connectivity index (χ4v) is 2.06. The van der Waals surface area contributed by atoms with E-state index in [1.165, 1.54) is 6.07 Å². The summed E-state index contributed by atoms with van der Waals surface area (Å²) in [6, 6.07) is 12.1. The summed E-state index contributed by atoms with van der Waals surface area (Å²) < 4.78 is 10.8. The molecule has 6 nitrogen and oxygen atoms in total. The second-order valence-electron chi connectivity index (χ2n) is 5.30. The molecule has 22 heavy (non-hydrogen) atoms. The van der Waals surface area contributed by atoms with Crippen molar-refractivity contribution < 1.29 is 23.8 Å².